The van der Waals surface area contributed by atoms with Crippen LogP contribution in [0.3, 0.4) is 0 Å². The molecule has 31 heavy (non-hydrogen) atoms. The predicted molar refractivity (Wildman–Crippen MR) is 106 cm³/mol. The molecule has 6 nitrogen and oxygen atoms in total. The minimum Gasteiger partial charge on any atom is -0.349 e. The van der Waals surface area contributed by atoms with Gasteiger partial charge in [0.2, 0.25) is 0 Å². The average Bonchev–Trinajstić information content (AvgIpc) is 2.98. The number of hydrogen-bond donors (Lipinski definition) is 3. The largest absolute Gasteiger partial charge is 0.416 e. The van der Waals surface area contributed by atoms with Crippen LogP contribution in [0.4, 0.5) is 18.0 Å². The summed E-state index contributed by atoms with van der Waals surface area (Å²) in [6.07, 6.45) is -1.96. The van der Waals surface area contributed by atoms with Crippen molar-refractivity contribution in [1.82, 2.24) is 16.0 Å². The molecule has 4 amide bonds. The molecule has 1 heterocycles. The summed E-state index contributed by atoms with van der Waals surface area (Å²) in [5.74, 6) is -1.01. The van der Waals surface area contributed by atoms with E-state index in [0.717, 1.165) is 31.4 Å². The zero-order chi connectivity index (χ0) is 22.2. The fourth-order valence-electron chi connectivity index (χ4n) is 4.05. The van der Waals surface area contributed by atoms with Gasteiger partial charge in [-0.1, -0.05) is 36.8 Å². The third kappa shape index (κ3) is 3.87. The normalized spacial score (nSPS) is 21.3. The van der Waals surface area contributed by atoms with Crippen LogP contribution in [-0.4, -0.2) is 29.9 Å². The number of urea groups is 1. The van der Waals surface area contributed by atoms with Crippen molar-refractivity contribution in [2.24, 2.45) is 5.92 Å². The van der Waals surface area contributed by atoms with E-state index in [2.05, 4.69) is 16.0 Å². The molecule has 3 N–H and O–H groups in total. The molecule has 2 aromatic carbocycles. The van der Waals surface area contributed by atoms with E-state index in [1.807, 2.05) is 0 Å². The molecule has 1 unspecified atom stereocenters. The van der Waals surface area contributed by atoms with E-state index >= 15 is 0 Å². The van der Waals surface area contributed by atoms with E-state index in [4.69, 9.17) is 0 Å². The summed E-state index contributed by atoms with van der Waals surface area (Å²) in [5, 5.41) is 7.65. The van der Waals surface area contributed by atoms with Crippen molar-refractivity contribution in [2.75, 3.05) is 6.54 Å². The fraction of sp³-hybridized carbons (Fsp3) is 0.318. The summed E-state index contributed by atoms with van der Waals surface area (Å²) in [6.45, 7) is -0.0740. The van der Waals surface area contributed by atoms with E-state index in [-0.39, 0.29) is 18.0 Å². The first-order chi connectivity index (χ1) is 14.7. The third-order valence-corrected chi connectivity index (χ3v) is 5.99. The summed E-state index contributed by atoms with van der Waals surface area (Å²) in [5.41, 5.74) is -0.779. The minimum atomic E-state index is -4.45. The Kier molecular flexibility index (Phi) is 5.20. The van der Waals surface area contributed by atoms with Gasteiger partial charge in [0.25, 0.3) is 11.8 Å². The van der Waals surface area contributed by atoms with E-state index < -0.39 is 35.1 Å². The number of alkyl halides is 3. The highest BCUT2D eigenvalue weighted by Crippen LogP contribution is 2.38. The van der Waals surface area contributed by atoms with Gasteiger partial charge in [0.1, 0.15) is 5.54 Å². The Labute approximate surface area is 176 Å². The average molecular weight is 431 g/mol. The first-order valence-corrected chi connectivity index (χ1v) is 9.89. The van der Waals surface area contributed by atoms with Gasteiger partial charge in [0.05, 0.1) is 12.1 Å². The van der Waals surface area contributed by atoms with Crippen molar-refractivity contribution < 1.29 is 27.6 Å². The molecule has 1 atom stereocenters. The fourth-order valence-corrected chi connectivity index (χ4v) is 4.05. The number of amides is 4. The van der Waals surface area contributed by atoms with Gasteiger partial charge in [0, 0.05) is 5.56 Å². The van der Waals surface area contributed by atoms with Crippen molar-refractivity contribution in [3.8, 4) is 11.1 Å². The maximum absolute atomic E-state index is 12.9. The van der Waals surface area contributed by atoms with Gasteiger partial charge in [-0.3, -0.25) is 14.9 Å². The Morgan fingerprint density at radius 2 is 1.74 bits per heavy atom. The molecule has 1 aliphatic carbocycles. The summed E-state index contributed by atoms with van der Waals surface area (Å²) < 4.78 is 38.5. The second kappa shape index (κ2) is 7.72. The molecule has 0 spiro atoms. The SMILES string of the molecule is O=C1NC(=O)C(CNC(=O)c2ccccc2-c2ccc(C(F)(F)F)cc2)(C2CCC2)N1. The Balaban J connectivity index is 1.56. The van der Waals surface area contributed by atoms with Crippen molar-refractivity contribution >= 4 is 17.8 Å². The van der Waals surface area contributed by atoms with Crippen LogP contribution >= 0.6 is 0 Å². The second-order valence-electron chi connectivity index (χ2n) is 7.81. The maximum atomic E-state index is 12.9. The van der Waals surface area contributed by atoms with Gasteiger partial charge < -0.3 is 10.6 Å². The number of nitrogens with one attached hydrogen (secondary N) is 3. The Morgan fingerprint density at radius 3 is 2.29 bits per heavy atom. The molecule has 1 aliphatic heterocycles. The highest BCUT2D eigenvalue weighted by Gasteiger charge is 2.53. The quantitative estimate of drug-likeness (QED) is 0.634. The molecule has 4 rings (SSSR count). The molecule has 2 fully saturated rings. The molecule has 2 aromatic rings. The number of imide groups is 1. The molecular weight excluding hydrogens is 411 g/mol. The minimum absolute atomic E-state index is 0.0654. The van der Waals surface area contributed by atoms with E-state index in [9.17, 15) is 27.6 Å². The van der Waals surface area contributed by atoms with Crippen molar-refractivity contribution in [2.45, 2.75) is 31.0 Å². The van der Waals surface area contributed by atoms with Crippen molar-refractivity contribution in [3.63, 3.8) is 0 Å². The number of carbonyl (C=O) groups is 3. The summed E-state index contributed by atoms with van der Waals surface area (Å²) in [7, 11) is 0. The van der Waals surface area contributed by atoms with E-state index in [0.29, 0.717) is 11.1 Å². The highest BCUT2D eigenvalue weighted by molar-refractivity contribution is 6.08. The van der Waals surface area contributed by atoms with Gasteiger partial charge >= 0.3 is 12.2 Å². The molecule has 9 heteroatoms. The van der Waals surface area contributed by atoms with Gasteiger partial charge in [-0.15, -0.1) is 0 Å². The summed E-state index contributed by atoms with van der Waals surface area (Å²) >= 11 is 0. The molecule has 162 valence electrons. The smallest absolute Gasteiger partial charge is 0.349 e. The lowest BCUT2D eigenvalue weighted by Crippen LogP contribution is -2.61. The Morgan fingerprint density at radius 1 is 1.06 bits per heavy atom. The highest BCUT2D eigenvalue weighted by atomic mass is 19.4. The van der Waals surface area contributed by atoms with E-state index in [1.165, 1.54) is 12.1 Å². The van der Waals surface area contributed by atoms with Gasteiger partial charge in [-0.05, 0) is 48.1 Å². The monoisotopic (exact) mass is 431 g/mol. The van der Waals surface area contributed by atoms with E-state index in [1.54, 1.807) is 24.3 Å². The van der Waals surface area contributed by atoms with Crippen LogP contribution in [0.2, 0.25) is 0 Å². The molecular formula is C22H20F3N3O3. The first-order valence-electron chi connectivity index (χ1n) is 9.89. The number of rotatable bonds is 5. The lowest BCUT2D eigenvalue weighted by Gasteiger charge is -2.40. The van der Waals surface area contributed by atoms with Crippen LogP contribution in [0.5, 0.6) is 0 Å². The molecule has 2 aliphatic rings. The third-order valence-electron chi connectivity index (χ3n) is 5.99. The number of halogens is 3. The van der Waals surface area contributed by atoms with Crippen LogP contribution in [0.1, 0.15) is 35.2 Å². The standard InChI is InChI=1S/C22H20F3N3O3/c23-22(24,25)15-10-8-13(9-11-15)16-6-1-2-7-17(16)18(29)26-12-21(14-4-3-5-14)19(30)27-20(31)28-21/h1-2,6-11,14H,3-5,12H2,(H,26,29)(H2,27,28,30,31). The zero-order valence-corrected chi connectivity index (χ0v) is 16.4. The molecule has 1 saturated heterocycles. The van der Waals surface area contributed by atoms with Crippen LogP contribution < -0.4 is 16.0 Å². The predicted octanol–water partition coefficient (Wildman–Crippen LogP) is 3.48. The number of hydrogen-bond acceptors (Lipinski definition) is 3. The number of carbonyl (C=O) groups excluding carboxylic acids is 3. The van der Waals surface area contributed by atoms with Gasteiger partial charge in [-0.2, -0.15) is 13.2 Å². The maximum Gasteiger partial charge on any atom is 0.416 e. The lowest BCUT2D eigenvalue weighted by molar-refractivity contribution is -0.137. The van der Waals surface area contributed by atoms with Gasteiger partial charge in [-0.25, -0.2) is 4.79 Å². The van der Waals surface area contributed by atoms with Crippen molar-refractivity contribution in [1.29, 1.82) is 0 Å². The lowest BCUT2D eigenvalue weighted by atomic mass is 9.70. The molecule has 0 bridgehead atoms. The topological polar surface area (TPSA) is 87.3 Å². The summed E-state index contributed by atoms with van der Waals surface area (Å²) in [4.78, 5) is 37.1. The first kappa shape index (κ1) is 20.9. The molecule has 0 aromatic heterocycles. The zero-order valence-electron chi connectivity index (χ0n) is 16.4. The van der Waals surface area contributed by atoms with Crippen LogP contribution in [0, 0.1) is 5.92 Å². The van der Waals surface area contributed by atoms with Crippen LogP contribution in [-0.2, 0) is 11.0 Å². The number of benzene rings is 2. The molecule has 0 radical (unpaired) electrons. The van der Waals surface area contributed by atoms with Gasteiger partial charge in [0.15, 0.2) is 0 Å². The van der Waals surface area contributed by atoms with Crippen molar-refractivity contribution in [3.05, 3.63) is 59.7 Å². The Bertz CT molecular complexity index is 1030. The second-order valence-corrected chi connectivity index (χ2v) is 7.81. The summed E-state index contributed by atoms with van der Waals surface area (Å²) in [6, 6.07) is 10.5. The van der Waals surface area contributed by atoms with Crippen LogP contribution in [0.25, 0.3) is 11.1 Å². The van der Waals surface area contributed by atoms with Crippen LogP contribution in [0.15, 0.2) is 48.5 Å². The molecule has 1 saturated carbocycles. The Hall–Kier alpha value is -3.36.